The number of carbonyl (C=O) groups is 2. The predicted octanol–water partition coefficient (Wildman–Crippen LogP) is 2.15. The van der Waals surface area contributed by atoms with Crippen LogP contribution in [0, 0.1) is 0 Å². The molecule has 0 unspecified atom stereocenters. The topological polar surface area (TPSA) is 79.3 Å². The zero-order chi connectivity index (χ0) is 15.0. The molecule has 0 spiro atoms. The molecule has 1 amide bonds. The van der Waals surface area contributed by atoms with Crippen molar-refractivity contribution in [2.75, 3.05) is 5.32 Å². The van der Waals surface area contributed by atoms with Crippen molar-refractivity contribution in [2.24, 2.45) is 0 Å². The van der Waals surface area contributed by atoms with Crippen LogP contribution in [0.25, 0.3) is 0 Å². The molecule has 1 aliphatic heterocycles. The number of Topliss-reactive ketones (excluding diaryl/α,β-unsaturated/α-hetero) is 1. The molecule has 106 valence electrons. The lowest BCUT2D eigenvalue weighted by Crippen LogP contribution is -2.36. The fraction of sp³-hybridized carbons (Fsp3) is 0.133. The van der Waals surface area contributed by atoms with Gasteiger partial charge in [-0.1, -0.05) is 11.6 Å². The SMILES string of the molecule is O=C(C[C@@]1(O)C(=O)Nc2ccc(Cl)cc21)c1cccnc1. The number of halogens is 1. The van der Waals surface area contributed by atoms with Gasteiger partial charge in [0, 0.05) is 34.2 Å². The smallest absolute Gasteiger partial charge is 0.261 e. The normalized spacial score (nSPS) is 20.0. The van der Waals surface area contributed by atoms with Gasteiger partial charge in [0.1, 0.15) is 0 Å². The number of aliphatic hydroxyl groups is 1. The second-order valence-electron chi connectivity index (χ2n) is 4.85. The number of hydrogen-bond acceptors (Lipinski definition) is 4. The van der Waals surface area contributed by atoms with Gasteiger partial charge in [0.25, 0.3) is 5.91 Å². The minimum absolute atomic E-state index is 0.317. The first-order chi connectivity index (χ1) is 10.0. The van der Waals surface area contributed by atoms with E-state index in [1.54, 1.807) is 30.5 Å². The van der Waals surface area contributed by atoms with E-state index in [1.165, 1.54) is 12.3 Å². The maximum atomic E-state index is 12.2. The maximum absolute atomic E-state index is 12.2. The Morgan fingerprint density at radius 2 is 2.19 bits per heavy atom. The van der Waals surface area contributed by atoms with Gasteiger partial charge in [0.15, 0.2) is 11.4 Å². The van der Waals surface area contributed by atoms with Crippen LogP contribution in [0.4, 0.5) is 5.69 Å². The van der Waals surface area contributed by atoms with Crippen molar-refractivity contribution in [3.8, 4) is 0 Å². The number of amides is 1. The molecule has 1 atom stereocenters. The Bertz CT molecular complexity index is 733. The third-order valence-corrected chi connectivity index (χ3v) is 3.69. The van der Waals surface area contributed by atoms with E-state index in [2.05, 4.69) is 10.3 Å². The van der Waals surface area contributed by atoms with Crippen molar-refractivity contribution in [3.63, 3.8) is 0 Å². The summed E-state index contributed by atoms with van der Waals surface area (Å²) in [6.45, 7) is 0. The van der Waals surface area contributed by atoms with E-state index >= 15 is 0 Å². The van der Waals surface area contributed by atoms with Gasteiger partial charge in [-0.05, 0) is 30.3 Å². The highest BCUT2D eigenvalue weighted by Gasteiger charge is 2.46. The third kappa shape index (κ3) is 2.30. The van der Waals surface area contributed by atoms with Crippen molar-refractivity contribution in [3.05, 3.63) is 58.9 Å². The van der Waals surface area contributed by atoms with E-state index in [0.717, 1.165) is 0 Å². The van der Waals surface area contributed by atoms with E-state index in [1.807, 2.05) is 0 Å². The first kappa shape index (κ1) is 13.7. The Balaban J connectivity index is 1.97. The molecule has 0 aliphatic carbocycles. The van der Waals surface area contributed by atoms with Gasteiger partial charge in [0.05, 0.1) is 6.42 Å². The van der Waals surface area contributed by atoms with Gasteiger partial charge >= 0.3 is 0 Å². The maximum Gasteiger partial charge on any atom is 0.261 e. The highest BCUT2D eigenvalue weighted by Crippen LogP contribution is 2.40. The van der Waals surface area contributed by atoms with Gasteiger partial charge < -0.3 is 10.4 Å². The number of hydrogen-bond donors (Lipinski definition) is 2. The Morgan fingerprint density at radius 3 is 2.90 bits per heavy atom. The zero-order valence-electron chi connectivity index (χ0n) is 10.8. The largest absolute Gasteiger partial charge is 0.375 e. The zero-order valence-corrected chi connectivity index (χ0v) is 11.6. The molecule has 1 aromatic heterocycles. The summed E-state index contributed by atoms with van der Waals surface area (Å²) in [5.41, 5.74) is -0.787. The molecule has 0 radical (unpaired) electrons. The lowest BCUT2D eigenvalue weighted by Gasteiger charge is -2.20. The van der Waals surface area contributed by atoms with Gasteiger partial charge in [0.2, 0.25) is 0 Å². The number of aromatic nitrogens is 1. The minimum Gasteiger partial charge on any atom is -0.375 e. The molecule has 6 heteroatoms. The van der Waals surface area contributed by atoms with Gasteiger partial charge in [-0.15, -0.1) is 0 Å². The second kappa shape index (κ2) is 4.95. The summed E-state index contributed by atoms with van der Waals surface area (Å²) in [5, 5.41) is 13.6. The molecule has 0 fully saturated rings. The van der Waals surface area contributed by atoms with Crippen LogP contribution < -0.4 is 5.32 Å². The summed E-state index contributed by atoms with van der Waals surface area (Å²) < 4.78 is 0. The molecule has 2 heterocycles. The van der Waals surface area contributed by atoms with E-state index < -0.39 is 11.5 Å². The molecule has 0 saturated heterocycles. The summed E-state index contributed by atoms with van der Waals surface area (Å²) in [4.78, 5) is 28.1. The number of fused-ring (bicyclic) bond motifs is 1. The molecule has 5 nitrogen and oxygen atoms in total. The van der Waals surface area contributed by atoms with Crippen molar-refractivity contribution >= 4 is 29.0 Å². The number of ketones is 1. The number of anilines is 1. The number of carbonyl (C=O) groups excluding carboxylic acids is 2. The number of nitrogens with zero attached hydrogens (tertiary/aromatic N) is 1. The minimum atomic E-state index is -1.91. The average molecular weight is 303 g/mol. The van der Waals surface area contributed by atoms with Crippen LogP contribution >= 0.6 is 11.6 Å². The quantitative estimate of drug-likeness (QED) is 0.851. The number of nitrogens with one attached hydrogen (secondary N) is 1. The Hall–Kier alpha value is -2.24. The molecule has 0 bridgehead atoms. The average Bonchev–Trinajstić information content (AvgIpc) is 2.72. The fourth-order valence-corrected chi connectivity index (χ4v) is 2.53. The highest BCUT2D eigenvalue weighted by atomic mass is 35.5. The number of pyridine rings is 1. The fourth-order valence-electron chi connectivity index (χ4n) is 2.35. The van der Waals surface area contributed by atoms with Crippen LogP contribution in [0.15, 0.2) is 42.7 Å². The summed E-state index contributed by atoms with van der Waals surface area (Å²) in [7, 11) is 0. The van der Waals surface area contributed by atoms with Gasteiger partial charge in [-0.2, -0.15) is 0 Å². The van der Waals surface area contributed by atoms with E-state index in [0.29, 0.717) is 21.8 Å². The Labute approximate surface area is 125 Å². The Kier molecular flexibility index (Phi) is 3.23. The van der Waals surface area contributed by atoms with Gasteiger partial charge in [-0.3, -0.25) is 14.6 Å². The second-order valence-corrected chi connectivity index (χ2v) is 5.28. The van der Waals surface area contributed by atoms with Gasteiger partial charge in [-0.25, -0.2) is 0 Å². The number of benzene rings is 1. The predicted molar refractivity (Wildman–Crippen MR) is 77.2 cm³/mol. The summed E-state index contributed by atoms with van der Waals surface area (Å²) in [6.07, 6.45) is 2.58. The van der Waals surface area contributed by atoms with Crippen LogP contribution in [0.1, 0.15) is 22.3 Å². The third-order valence-electron chi connectivity index (χ3n) is 3.45. The molecule has 2 N–H and O–H groups in total. The Morgan fingerprint density at radius 1 is 1.38 bits per heavy atom. The van der Waals surface area contributed by atoms with Crippen LogP contribution in [-0.4, -0.2) is 21.8 Å². The lowest BCUT2D eigenvalue weighted by atomic mass is 9.88. The van der Waals surface area contributed by atoms with E-state index in [9.17, 15) is 14.7 Å². The van der Waals surface area contributed by atoms with Crippen molar-refractivity contribution in [2.45, 2.75) is 12.0 Å². The summed E-state index contributed by atoms with van der Waals surface area (Å²) in [6, 6.07) is 7.91. The van der Waals surface area contributed by atoms with Crippen LogP contribution in [0.2, 0.25) is 5.02 Å². The molecule has 2 aromatic rings. The van der Waals surface area contributed by atoms with Crippen molar-refractivity contribution in [1.82, 2.24) is 4.98 Å². The van der Waals surface area contributed by atoms with E-state index in [4.69, 9.17) is 11.6 Å². The first-order valence-corrected chi connectivity index (χ1v) is 6.65. The van der Waals surface area contributed by atoms with Crippen LogP contribution in [0.5, 0.6) is 0 Å². The highest BCUT2D eigenvalue weighted by molar-refractivity contribution is 6.31. The summed E-state index contributed by atoms with van der Waals surface area (Å²) in [5.74, 6) is -0.995. The standard InChI is InChI=1S/C15H11ClN2O3/c16-10-3-4-12-11(6-10)15(21,14(20)18-12)7-13(19)9-2-1-5-17-8-9/h1-6,8,21H,7H2,(H,18,20)/t15-/m0/s1. The van der Waals surface area contributed by atoms with Crippen LogP contribution in [-0.2, 0) is 10.4 Å². The van der Waals surface area contributed by atoms with Crippen molar-refractivity contribution in [1.29, 1.82) is 0 Å². The molecule has 3 rings (SSSR count). The van der Waals surface area contributed by atoms with Crippen molar-refractivity contribution < 1.29 is 14.7 Å². The van der Waals surface area contributed by atoms with Crippen LogP contribution in [0.3, 0.4) is 0 Å². The molecular formula is C15H11ClN2O3. The summed E-state index contributed by atoms with van der Waals surface area (Å²) >= 11 is 5.91. The monoisotopic (exact) mass is 302 g/mol. The number of rotatable bonds is 3. The molecule has 0 saturated carbocycles. The first-order valence-electron chi connectivity index (χ1n) is 6.28. The van der Waals surface area contributed by atoms with E-state index in [-0.39, 0.29) is 12.2 Å². The lowest BCUT2D eigenvalue weighted by molar-refractivity contribution is -0.133. The molecule has 1 aromatic carbocycles. The molecule has 1 aliphatic rings. The molecular weight excluding hydrogens is 292 g/mol. The molecule has 21 heavy (non-hydrogen) atoms.